The fraction of sp³-hybridized carbons (Fsp3) is 0.379. The first kappa shape index (κ1) is 23.0. The van der Waals surface area contributed by atoms with Crippen LogP contribution in [0.4, 0.5) is 0 Å². The number of benzene rings is 2. The third-order valence-corrected chi connectivity index (χ3v) is 8.11. The van der Waals surface area contributed by atoms with Gasteiger partial charge >= 0.3 is 11.9 Å². The third-order valence-electron chi connectivity index (χ3n) is 8.11. The van der Waals surface area contributed by atoms with Gasteiger partial charge in [-0.05, 0) is 54.2 Å². The molecule has 2 aliphatic carbocycles. The summed E-state index contributed by atoms with van der Waals surface area (Å²) in [6, 6.07) is 18.2. The van der Waals surface area contributed by atoms with E-state index >= 15 is 0 Å². The fourth-order valence-corrected chi connectivity index (χ4v) is 6.51. The van der Waals surface area contributed by atoms with E-state index in [2.05, 4.69) is 25.3 Å². The lowest BCUT2D eigenvalue weighted by Gasteiger charge is -2.49. The normalized spacial score (nSPS) is 23.0. The molecule has 2 aromatic rings. The van der Waals surface area contributed by atoms with E-state index in [9.17, 15) is 9.59 Å². The Bertz CT molecular complexity index is 1020. The van der Waals surface area contributed by atoms with E-state index in [0.29, 0.717) is 6.42 Å². The molecule has 2 aromatic carbocycles. The first-order valence-electron chi connectivity index (χ1n) is 11.5. The van der Waals surface area contributed by atoms with Crippen molar-refractivity contribution in [2.75, 3.05) is 14.2 Å². The van der Waals surface area contributed by atoms with E-state index in [4.69, 9.17) is 9.47 Å². The van der Waals surface area contributed by atoms with Crippen LogP contribution >= 0.6 is 0 Å². The average Bonchev–Trinajstić information content (AvgIpc) is 3.21. The highest BCUT2D eigenvalue weighted by molar-refractivity contribution is 6.02. The Morgan fingerprint density at radius 1 is 0.939 bits per heavy atom. The molecule has 0 bridgehead atoms. The topological polar surface area (TPSA) is 52.6 Å². The smallest absolute Gasteiger partial charge is 0.323 e. The summed E-state index contributed by atoms with van der Waals surface area (Å²) in [6.07, 6.45) is 6.68. The number of hydrogen-bond acceptors (Lipinski definition) is 4. The van der Waals surface area contributed by atoms with Crippen molar-refractivity contribution in [3.8, 4) is 0 Å². The van der Waals surface area contributed by atoms with Crippen molar-refractivity contribution in [3.63, 3.8) is 0 Å². The van der Waals surface area contributed by atoms with Crippen LogP contribution in [0.2, 0.25) is 0 Å². The molecule has 4 rings (SSSR count). The number of allylic oxidation sites excluding steroid dienone is 2. The largest absolute Gasteiger partial charge is 0.468 e. The van der Waals surface area contributed by atoms with Crippen LogP contribution < -0.4 is 0 Å². The summed E-state index contributed by atoms with van der Waals surface area (Å²) in [5.74, 6) is -1.24. The van der Waals surface area contributed by atoms with Gasteiger partial charge in [0.1, 0.15) is 0 Å². The van der Waals surface area contributed by atoms with Crippen molar-refractivity contribution in [1.82, 2.24) is 0 Å². The van der Waals surface area contributed by atoms with Gasteiger partial charge in [0.25, 0.3) is 0 Å². The molecule has 33 heavy (non-hydrogen) atoms. The number of methoxy groups -OCH3 is 2. The number of rotatable bonds is 8. The molecule has 2 aliphatic rings. The zero-order chi connectivity index (χ0) is 23.6. The SMILES string of the molecule is C=C[C@@H]1CC[C@@H](C=C)C1(CC(C(=O)OC)(C(=O)OC)C1Cc2ccccc21)c1ccccc1. The first-order chi connectivity index (χ1) is 16.0. The molecule has 4 heteroatoms. The molecule has 0 heterocycles. The third kappa shape index (κ3) is 3.35. The van der Waals surface area contributed by atoms with Crippen LogP contribution in [0.3, 0.4) is 0 Å². The van der Waals surface area contributed by atoms with Gasteiger partial charge in [0.2, 0.25) is 0 Å². The number of hydrogen-bond donors (Lipinski definition) is 0. The van der Waals surface area contributed by atoms with Crippen LogP contribution in [-0.4, -0.2) is 26.2 Å². The molecule has 0 amide bonds. The van der Waals surface area contributed by atoms with Crippen LogP contribution in [0.25, 0.3) is 0 Å². The standard InChI is InChI=1S/C29H32O4/c1-5-21-16-17-22(6-2)28(21,23-13-8-7-9-14-23)19-29(26(30)32-3,27(31)33-4)25-18-20-12-10-11-15-24(20)25/h5-15,21-22,25H,1-2,16-19H2,3-4H3/t21-,22-,25?/m1/s1. The number of esters is 2. The summed E-state index contributed by atoms with van der Waals surface area (Å²) in [7, 11) is 2.70. The van der Waals surface area contributed by atoms with Crippen molar-refractivity contribution in [2.24, 2.45) is 17.3 Å². The highest BCUT2D eigenvalue weighted by atomic mass is 16.5. The highest BCUT2D eigenvalue weighted by Gasteiger charge is 2.64. The Kier molecular flexibility index (Phi) is 6.29. The molecule has 0 N–H and O–H groups in total. The summed E-state index contributed by atoms with van der Waals surface area (Å²) in [6.45, 7) is 8.28. The molecule has 1 saturated carbocycles. The lowest BCUT2D eigenvalue weighted by molar-refractivity contribution is -0.174. The van der Waals surface area contributed by atoms with Gasteiger partial charge in [-0.3, -0.25) is 9.59 Å². The summed E-state index contributed by atoms with van der Waals surface area (Å²) in [5.41, 5.74) is 1.25. The maximum absolute atomic E-state index is 13.7. The number of carbonyl (C=O) groups excluding carboxylic acids is 2. The Morgan fingerprint density at radius 2 is 1.48 bits per heavy atom. The Balaban J connectivity index is 1.96. The van der Waals surface area contributed by atoms with E-state index < -0.39 is 22.8 Å². The molecule has 1 unspecified atom stereocenters. The molecule has 0 radical (unpaired) electrons. The van der Waals surface area contributed by atoms with Crippen LogP contribution in [0.1, 0.15) is 41.9 Å². The molecular formula is C29H32O4. The van der Waals surface area contributed by atoms with Gasteiger partial charge < -0.3 is 9.47 Å². The van der Waals surface area contributed by atoms with Crippen LogP contribution in [0, 0.1) is 17.3 Å². The molecule has 0 spiro atoms. The van der Waals surface area contributed by atoms with Crippen molar-refractivity contribution in [1.29, 1.82) is 0 Å². The van der Waals surface area contributed by atoms with Gasteiger partial charge in [-0.1, -0.05) is 66.7 Å². The number of carbonyl (C=O) groups is 2. The fourth-order valence-electron chi connectivity index (χ4n) is 6.51. The van der Waals surface area contributed by atoms with E-state index in [-0.39, 0.29) is 24.2 Å². The Morgan fingerprint density at radius 3 is 2.00 bits per heavy atom. The van der Waals surface area contributed by atoms with Crippen LogP contribution in [-0.2, 0) is 30.9 Å². The van der Waals surface area contributed by atoms with Gasteiger partial charge in [0.05, 0.1) is 14.2 Å². The second-order valence-electron chi connectivity index (χ2n) is 9.25. The molecular weight excluding hydrogens is 412 g/mol. The molecule has 0 aliphatic heterocycles. The zero-order valence-electron chi connectivity index (χ0n) is 19.5. The van der Waals surface area contributed by atoms with Crippen molar-refractivity contribution in [3.05, 3.63) is 96.6 Å². The van der Waals surface area contributed by atoms with E-state index in [1.807, 2.05) is 54.6 Å². The highest BCUT2D eigenvalue weighted by Crippen LogP contribution is 2.61. The lowest BCUT2D eigenvalue weighted by atomic mass is 9.52. The molecule has 172 valence electrons. The summed E-state index contributed by atoms with van der Waals surface area (Å²) in [4.78, 5) is 27.3. The minimum atomic E-state index is -1.47. The lowest BCUT2D eigenvalue weighted by Crippen LogP contribution is -2.55. The van der Waals surface area contributed by atoms with Gasteiger partial charge in [-0.25, -0.2) is 0 Å². The predicted molar refractivity (Wildman–Crippen MR) is 129 cm³/mol. The van der Waals surface area contributed by atoms with E-state index in [0.717, 1.165) is 29.5 Å². The second-order valence-corrected chi connectivity index (χ2v) is 9.25. The zero-order valence-corrected chi connectivity index (χ0v) is 19.5. The van der Waals surface area contributed by atoms with Gasteiger partial charge in [0.15, 0.2) is 5.41 Å². The Hall–Kier alpha value is -3.14. The van der Waals surface area contributed by atoms with Crippen molar-refractivity contribution >= 4 is 11.9 Å². The summed E-state index contributed by atoms with van der Waals surface area (Å²) >= 11 is 0. The maximum Gasteiger partial charge on any atom is 0.323 e. The van der Waals surface area contributed by atoms with Gasteiger partial charge in [0, 0.05) is 11.3 Å². The van der Waals surface area contributed by atoms with Crippen LogP contribution in [0.15, 0.2) is 79.9 Å². The van der Waals surface area contributed by atoms with Crippen molar-refractivity contribution < 1.29 is 19.1 Å². The number of fused-ring (bicyclic) bond motifs is 1. The molecule has 0 aromatic heterocycles. The average molecular weight is 445 g/mol. The second kappa shape index (κ2) is 9.01. The van der Waals surface area contributed by atoms with Crippen molar-refractivity contribution in [2.45, 2.75) is 37.0 Å². The minimum Gasteiger partial charge on any atom is -0.468 e. The first-order valence-corrected chi connectivity index (χ1v) is 11.5. The molecule has 0 saturated heterocycles. The monoisotopic (exact) mass is 444 g/mol. The number of ether oxygens (including phenoxy) is 2. The quantitative estimate of drug-likeness (QED) is 0.311. The maximum atomic E-state index is 13.7. The van der Waals surface area contributed by atoms with Gasteiger partial charge in [-0.2, -0.15) is 0 Å². The molecule has 3 atom stereocenters. The molecule has 4 nitrogen and oxygen atoms in total. The van der Waals surface area contributed by atoms with Crippen LogP contribution in [0.5, 0.6) is 0 Å². The van der Waals surface area contributed by atoms with E-state index in [1.165, 1.54) is 14.2 Å². The van der Waals surface area contributed by atoms with Gasteiger partial charge in [-0.15, -0.1) is 13.2 Å². The summed E-state index contributed by atoms with van der Waals surface area (Å²) in [5, 5.41) is 0. The predicted octanol–water partition coefficient (Wildman–Crippen LogP) is 5.39. The minimum absolute atomic E-state index is 0.0758. The van der Waals surface area contributed by atoms with E-state index in [1.54, 1.807) is 0 Å². The summed E-state index contributed by atoms with van der Waals surface area (Å²) < 4.78 is 10.7. The molecule has 1 fully saturated rings. The Labute approximate surface area is 196 Å².